The monoisotopic (exact) mass is 522 g/mol. The third-order valence-corrected chi connectivity index (χ3v) is 6.29. The summed E-state index contributed by atoms with van der Waals surface area (Å²) in [7, 11) is 0. The summed E-state index contributed by atoms with van der Waals surface area (Å²) in [5.41, 5.74) is 7.27. The van der Waals surface area contributed by atoms with Crippen molar-refractivity contribution < 1.29 is 19.1 Å². The zero-order valence-electron chi connectivity index (χ0n) is 23.9. The SMILES string of the molecule is CC.CC1(C)CC(=O)NC(N)=N1.CC1(C)Cc2cc(C(=O)NC3CC(C)(C)Oc4ccccc43)ccc2O1. The molecule has 3 aliphatic heterocycles. The van der Waals surface area contributed by atoms with Gasteiger partial charge in [-0.1, -0.05) is 32.0 Å². The average Bonchev–Trinajstić information content (AvgIpc) is 3.11. The van der Waals surface area contributed by atoms with Crippen LogP contribution in [0, 0.1) is 0 Å². The van der Waals surface area contributed by atoms with E-state index < -0.39 is 0 Å². The Morgan fingerprint density at radius 2 is 1.63 bits per heavy atom. The van der Waals surface area contributed by atoms with Gasteiger partial charge >= 0.3 is 0 Å². The molecule has 0 radical (unpaired) electrons. The molecule has 2 amide bonds. The lowest BCUT2D eigenvalue weighted by Gasteiger charge is -2.37. The molecule has 2 aromatic carbocycles. The van der Waals surface area contributed by atoms with Crippen LogP contribution in [0.15, 0.2) is 47.5 Å². The van der Waals surface area contributed by atoms with Gasteiger partial charge in [-0.05, 0) is 71.4 Å². The fourth-order valence-electron chi connectivity index (χ4n) is 4.90. The summed E-state index contributed by atoms with van der Waals surface area (Å²) in [5, 5.41) is 5.62. The predicted octanol–water partition coefficient (Wildman–Crippen LogP) is 5.06. The summed E-state index contributed by atoms with van der Waals surface area (Å²) in [4.78, 5) is 27.7. The Bertz CT molecular complexity index is 1220. The summed E-state index contributed by atoms with van der Waals surface area (Å²) in [6.07, 6.45) is 1.96. The number of aliphatic imine (C=N–C) groups is 1. The molecule has 5 rings (SSSR count). The first-order valence-corrected chi connectivity index (χ1v) is 13.3. The Labute approximate surface area is 226 Å². The van der Waals surface area contributed by atoms with Gasteiger partial charge in [-0.15, -0.1) is 0 Å². The van der Waals surface area contributed by atoms with Crippen molar-refractivity contribution in [1.29, 1.82) is 0 Å². The molecule has 0 spiro atoms. The lowest BCUT2D eigenvalue weighted by atomic mass is 9.89. The first-order valence-electron chi connectivity index (χ1n) is 13.3. The Balaban J connectivity index is 0.000000280. The molecule has 3 heterocycles. The van der Waals surface area contributed by atoms with Crippen LogP contribution in [-0.2, 0) is 11.2 Å². The van der Waals surface area contributed by atoms with Crippen molar-refractivity contribution in [3.05, 3.63) is 59.2 Å². The van der Waals surface area contributed by atoms with E-state index in [4.69, 9.17) is 15.2 Å². The molecule has 4 N–H and O–H groups in total. The number of nitrogens with one attached hydrogen (secondary N) is 2. The zero-order valence-corrected chi connectivity index (χ0v) is 23.9. The fourth-order valence-corrected chi connectivity index (χ4v) is 4.90. The second-order valence-electron chi connectivity index (χ2n) is 11.5. The normalized spacial score (nSPS) is 21.2. The Morgan fingerprint density at radius 1 is 0.974 bits per heavy atom. The van der Waals surface area contributed by atoms with Gasteiger partial charge in [-0.25, -0.2) is 4.99 Å². The van der Waals surface area contributed by atoms with E-state index >= 15 is 0 Å². The molecular formula is C30H42N4O4. The molecule has 38 heavy (non-hydrogen) atoms. The number of ether oxygens (including phenoxy) is 2. The van der Waals surface area contributed by atoms with Crippen molar-refractivity contribution >= 4 is 17.8 Å². The maximum Gasteiger partial charge on any atom is 0.251 e. The zero-order chi connectivity index (χ0) is 28.3. The first kappa shape index (κ1) is 29.0. The molecule has 0 fully saturated rings. The number of nitrogens with zero attached hydrogens (tertiary/aromatic N) is 1. The Morgan fingerprint density at radius 3 is 2.29 bits per heavy atom. The van der Waals surface area contributed by atoms with E-state index in [9.17, 15) is 9.59 Å². The van der Waals surface area contributed by atoms with Crippen LogP contribution in [0.25, 0.3) is 0 Å². The van der Waals surface area contributed by atoms with E-state index in [1.54, 1.807) is 0 Å². The van der Waals surface area contributed by atoms with Gasteiger partial charge in [0.2, 0.25) is 5.91 Å². The molecule has 0 aromatic heterocycles. The van der Waals surface area contributed by atoms with E-state index in [2.05, 4.69) is 43.3 Å². The average molecular weight is 523 g/mol. The first-order chi connectivity index (χ1) is 17.7. The summed E-state index contributed by atoms with van der Waals surface area (Å²) in [5.74, 6) is 1.83. The molecule has 8 nitrogen and oxygen atoms in total. The van der Waals surface area contributed by atoms with E-state index in [0.717, 1.165) is 35.5 Å². The molecule has 1 atom stereocenters. The maximum atomic E-state index is 12.9. The summed E-state index contributed by atoms with van der Waals surface area (Å²) in [6.45, 7) is 16.0. The topological polar surface area (TPSA) is 115 Å². The number of fused-ring (bicyclic) bond motifs is 2. The second kappa shape index (κ2) is 11.1. The van der Waals surface area contributed by atoms with Crippen LogP contribution in [0.1, 0.15) is 95.8 Å². The highest BCUT2D eigenvalue weighted by Gasteiger charge is 2.35. The van der Waals surface area contributed by atoms with Crippen molar-refractivity contribution in [2.75, 3.05) is 0 Å². The molecule has 0 saturated carbocycles. The number of carbonyl (C=O) groups is 2. The highest BCUT2D eigenvalue weighted by molar-refractivity contribution is 5.98. The van der Waals surface area contributed by atoms with E-state index in [1.807, 2.05) is 70.2 Å². The predicted molar refractivity (Wildman–Crippen MR) is 151 cm³/mol. The maximum absolute atomic E-state index is 12.9. The lowest BCUT2D eigenvalue weighted by Crippen LogP contribution is -2.46. The molecule has 2 aromatic rings. The van der Waals surface area contributed by atoms with Crippen LogP contribution in [-0.4, -0.2) is 34.5 Å². The van der Waals surface area contributed by atoms with Gasteiger partial charge in [0, 0.05) is 24.0 Å². The van der Waals surface area contributed by atoms with Crippen LogP contribution in [0.4, 0.5) is 0 Å². The van der Waals surface area contributed by atoms with Crippen molar-refractivity contribution in [3.8, 4) is 11.5 Å². The van der Waals surface area contributed by atoms with Crippen LogP contribution < -0.4 is 25.8 Å². The van der Waals surface area contributed by atoms with Crippen molar-refractivity contribution in [2.24, 2.45) is 10.7 Å². The third-order valence-electron chi connectivity index (χ3n) is 6.29. The lowest BCUT2D eigenvalue weighted by molar-refractivity contribution is -0.121. The summed E-state index contributed by atoms with van der Waals surface area (Å²) in [6, 6.07) is 13.6. The van der Waals surface area contributed by atoms with E-state index in [-0.39, 0.29) is 40.6 Å². The number of benzene rings is 2. The number of nitrogens with two attached hydrogens (primary N) is 1. The summed E-state index contributed by atoms with van der Waals surface area (Å²) < 4.78 is 12.0. The molecule has 206 valence electrons. The number of amides is 2. The van der Waals surface area contributed by atoms with Crippen LogP contribution in [0.2, 0.25) is 0 Å². The largest absolute Gasteiger partial charge is 0.487 e. The van der Waals surface area contributed by atoms with E-state index in [0.29, 0.717) is 12.0 Å². The van der Waals surface area contributed by atoms with Gasteiger partial charge in [0.15, 0.2) is 5.96 Å². The van der Waals surface area contributed by atoms with Gasteiger partial charge in [-0.3, -0.25) is 14.9 Å². The van der Waals surface area contributed by atoms with Crippen LogP contribution in [0.3, 0.4) is 0 Å². The van der Waals surface area contributed by atoms with Crippen molar-refractivity contribution in [2.45, 2.75) is 97.4 Å². The number of rotatable bonds is 2. The minimum atomic E-state index is -0.327. The standard InChI is InChI=1S/C22H25NO3.C6H11N3O.C2H6/c1-21(2)12-15-11-14(9-10-18(15)25-21)20(24)23-17-13-22(3,4)26-19-8-6-5-7-16(17)19;1-6(2)3-4(10)8-5(7)9-6;1-2/h5-11,17H,12-13H2,1-4H3,(H,23,24);3H2,1-2H3,(H3,7,8,9,10);1-2H3. The molecule has 1 unspecified atom stereocenters. The van der Waals surface area contributed by atoms with Crippen molar-refractivity contribution in [3.63, 3.8) is 0 Å². The van der Waals surface area contributed by atoms with Gasteiger partial charge in [0.1, 0.15) is 22.7 Å². The highest BCUT2D eigenvalue weighted by Crippen LogP contribution is 2.40. The Kier molecular flexibility index (Phi) is 8.44. The number of hydrogen-bond donors (Lipinski definition) is 3. The van der Waals surface area contributed by atoms with Crippen LogP contribution >= 0.6 is 0 Å². The number of para-hydroxylation sites is 1. The number of guanidine groups is 1. The molecule has 8 heteroatoms. The minimum absolute atomic E-state index is 0.0579. The molecule has 0 aliphatic carbocycles. The van der Waals surface area contributed by atoms with Crippen molar-refractivity contribution in [1.82, 2.24) is 10.6 Å². The number of carbonyl (C=O) groups excluding carboxylic acids is 2. The molecule has 0 bridgehead atoms. The molecular weight excluding hydrogens is 480 g/mol. The molecule has 3 aliphatic rings. The smallest absolute Gasteiger partial charge is 0.251 e. The van der Waals surface area contributed by atoms with Gasteiger partial charge < -0.3 is 20.5 Å². The quantitative estimate of drug-likeness (QED) is 0.510. The van der Waals surface area contributed by atoms with Crippen LogP contribution in [0.5, 0.6) is 11.5 Å². The third kappa shape index (κ3) is 7.27. The van der Waals surface area contributed by atoms with E-state index in [1.165, 1.54) is 0 Å². The second-order valence-corrected chi connectivity index (χ2v) is 11.5. The summed E-state index contributed by atoms with van der Waals surface area (Å²) >= 11 is 0. The fraction of sp³-hybridized carbons (Fsp3) is 0.500. The number of hydrogen-bond acceptors (Lipinski definition) is 6. The minimum Gasteiger partial charge on any atom is -0.487 e. The Hall–Kier alpha value is -3.55. The van der Waals surface area contributed by atoms with Gasteiger partial charge in [0.25, 0.3) is 5.91 Å². The molecule has 0 saturated heterocycles. The van der Waals surface area contributed by atoms with Gasteiger partial charge in [-0.2, -0.15) is 0 Å². The highest BCUT2D eigenvalue weighted by atomic mass is 16.5. The van der Waals surface area contributed by atoms with Gasteiger partial charge in [0.05, 0.1) is 18.0 Å².